The summed E-state index contributed by atoms with van der Waals surface area (Å²) in [5.74, 6) is 1.09. The molecule has 5 heteroatoms. The number of nitrogens with one attached hydrogen (secondary N) is 1. The lowest BCUT2D eigenvalue weighted by Gasteiger charge is -2.13. The van der Waals surface area contributed by atoms with Gasteiger partial charge in [-0.05, 0) is 78.3 Å². The van der Waals surface area contributed by atoms with E-state index in [1.807, 2.05) is 6.07 Å². The van der Waals surface area contributed by atoms with Crippen LogP contribution in [0.5, 0.6) is 0 Å². The number of anilines is 2. The number of benzene rings is 3. The Bertz CT molecular complexity index is 1600. The second kappa shape index (κ2) is 10.4. The largest absolute Gasteiger partial charge is 0.372 e. The van der Waals surface area contributed by atoms with Crippen molar-refractivity contribution in [1.29, 1.82) is 0 Å². The van der Waals surface area contributed by atoms with E-state index >= 15 is 0 Å². The second-order valence-electron chi connectivity index (χ2n) is 10.3. The van der Waals surface area contributed by atoms with Gasteiger partial charge in [-0.15, -0.1) is 0 Å². The van der Waals surface area contributed by atoms with Crippen LogP contribution in [0.4, 0.5) is 11.4 Å². The van der Waals surface area contributed by atoms with Crippen LogP contribution in [0.25, 0.3) is 11.2 Å². The van der Waals surface area contributed by atoms with Gasteiger partial charge >= 0.3 is 0 Å². The minimum Gasteiger partial charge on any atom is -0.372 e. The number of pyridine rings is 1. The Kier molecular flexibility index (Phi) is 6.69. The lowest BCUT2D eigenvalue weighted by Crippen LogP contribution is -2.06. The summed E-state index contributed by atoms with van der Waals surface area (Å²) in [5, 5.41) is 3.69. The molecule has 0 unspecified atom stereocenters. The van der Waals surface area contributed by atoms with E-state index in [1.54, 1.807) is 0 Å². The molecular weight excluding hydrogens is 468 g/mol. The van der Waals surface area contributed by atoms with Gasteiger partial charge in [-0.25, -0.2) is 9.97 Å². The first-order valence-electron chi connectivity index (χ1n) is 13.5. The van der Waals surface area contributed by atoms with Crippen molar-refractivity contribution in [3.63, 3.8) is 0 Å². The molecule has 6 rings (SSSR count). The van der Waals surface area contributed by atoms with Crippen LogP contribution in [0.3, 0.4) is 0 Å². The molecule has 0 fully saturated rings. The fraction of sp³-hybridized carbons (Fsp3) is 0.273. The maximum absolute atomic E-state index is 5.99. The molecule has 0 saturated carbocycles. The van der Waals surface area contributed by atoms with E-state index in [0.29, 0.717) is 13.2 Å². The van der Waals surface area contributed by atoms with Gasteiger partial charge in [0.2, 0.25) is 0 Å². The Labute approximate surface area is 224 Å². The Hall–Kier alpha value is -3.96. The molecule has 0 radical (unpaired) electrons. The Morgan fingerprint density at radius 1 is 0.789 bits per heavy atom. The summed E-state index contributed by atoms with van der Waals surface area (Å²) < 4.78 is 8.28. The van der Waals surface area contributed by atoms with Gasteiger partial charge in [0.05, 0.1) is 19.8 Å². The van der Waals surface area contributed by atoms with Gasteiger partial charge in [-0.2, -0.15) is 0 Å². The van der Waals surface area contributed by atoms with Gasteiger partial charge in [-0.1, -0.05) is 61.5 Å². The number of imidazole rings is 1. The highest BCUT2D eigenvalue weighted by Crippen LogP contribution is 2.32. The van der Waals surface area contributed by atoms with E-state index in [9.17, 15) is 0 Å². The molecule has 1 N–H and O–H groups in total. The fourth-order valence-electron chi connectivity index (χ4n) is 5.48. The van der Waals surface area contributed by atoms with Crippen LogP contribution < -0.4 is 5.32 Å². The number of ether oxygens (including phenoxy) is 1. The summed E-state index contributed by atoms with van der Waals surface area (Å²) in [7, 11) is 0. The third kappa shape index (κ3) is 4.94. The summed E-state index contributed by atoms with van der Waals surface area (Å²) in [4.78, 5) is 9.78. The summed E-state index contributed by atoms with van der Waals surface area (Å²) >= 11 is 0. The molecule has 0 amide bonds. The van der Waals surface area contributed by atoms with Crippen molar-refractivity contribution >= 4 is 22.5 Å². The average Bonchev–Trinajstić information content (AvgIpc) is 3.16. The van der Waals surface area contributed by atoms with Crippen molar-refractivity contribution in [2.75, 3.05) is 5.32 Å². The quantitative estimate of drug-likeness (QED) is 0.255. The summed E-state index contributed by atoms with van der Waals surface area (Å²) in [6, 6.07) is 25.9. The van der Waals surface area contributed by atoms with E-state index in [2.05, 4.69) is 97.4 Å². The average molecular weight is 503 g/mol. The molecule has 0 saturated heterocycles. The molecule has 0 bridgehead atoms. The third-order valence-corrected chi connectivity index (χ3v) is 7.41. The van der Waals surface area contributed by atoms with Gasteiger partial charge in [0.25, 0.3) is 0 Å². The second-order valence-corrected chi connectivity index (χ2v) is 10.3. The lowest BCUT2D eigenvalue weighted by molar-refractivity contribution is 0.107. The van der Waals surface area contributed by atoms with Crippen LogP contribution >= 0.6 is 0 Å². The van der Waals surface area contributed by atoms with Gasteiger partial charge in [0, 0.05) is 23.5 Å². The molecule has 5 aromatic rings. The molecule has 3 heterocycles. The summed E-state index contributed by atoms with van der Waals surface area (Å²) in [6.07, 6.45) is 2.88. The molecule has 0 spiro atoms. The number of fused-ring (bicyclic) bond motifs is 3. The topological polar surface area (TPSA) is 52.0 Å². The van der Waals surface area contributed by atoms with Crippen LogP contribution in [-0.4, -0.2) is 14.5 Å². The van der Waals surface area contributed by atoms with Crippen LogP contribution in [-0.2, 0) is 43.8 Å². The number of hydrogen-bond acceptors (Lipinski definition) is 4. The Balaban J connectivity index is 1.19. The standard InChI is InChI=1S/C33H34N4O/c1-4-31-36-32-22(2)16-23(3)34-33(32)37(31)19-25-10-14-29-27(17-25)12-13-28-18-26(11-15-30(28)35-29)21-38-20-24-8-6-5-7-9-24/h5-11,14-18,35H,4,12-13,19-21H2,1-3H3. The molecule has 3 aromatic carbocycles. The SMILES string of the molecule is CCc1nc2c(C)cc(C)nc2n1Cc1ccc2c(c1)CCc1cc(COCc3ccccc3)ccc1N2. The molecule has 1 aliphatic heterocycles. The molecule has 1 aliphatic rings. The number of aryl methyl sites for hydroxylation is 5. The summed E-state index contributed by atoms with van der Waals surface area (Å²) in [6.45, 7) is 8.37. The number of rotatable bonds is 7. The van der Waals surface area contributed by atoms with Crippen molar-refractivity contribution in [2.45, 2.75) is 59.8 Å². The van der Waals surface area contributed by atoms with E-state index in [1.165, 1.54) is 44.8 Å². The maximum atomic E-state index is 5.99. The fourth-order valence-corrected chi connectivity index (χ4v) is 5.48. The lowest BCUT2D eigenvalue weighted by atomic mass is 10.0. The first-order chi connectivity index (χ1) is 18.6. The van der Waals surface area contributed by atoms with Gasteiger partial charge in [0.1, 0.15) is 11.3 Å². The molecule has 5 nitrogen and oxygen atoms in total. The van der Waals surface area contributed by atoms with Crippen molar-refractivity contribution in [3.05, 3.63) is 118 Å². The van der Waals surface area contributed by atoms with E-state index in [0.717, 1.165) is 48.5 Å². The highest BCUT2D eigenvalue weighted by molar-refractivity contribution is 5.76. The zero-order chi connectivity index (χ0) is 26.1. The van der Waals surface area contributed by atoms with Gasteiger partial charge < -0.3 is 14.6 Å². The van der Waals surface area contributed by atoms with Crippen molar-refractivity contribution in [3.8, 4) is 0 Å². The first-order valence-corrected chi connectivity index (χ1v) is 13.5. The summed E-state index contributed by atoms with van der Waals surface area (Å²) in [5.41, 5.74) is 13.0. The predicted octanol–water partition coefficient (Wildman–Crippen LogP) is 7.22. The first kappa shape index (κ1) is 24.4. The minimum absolute atomic E-state index is 0.616. The molecule has 38 heavy (non-hydrogen) atoms. The van der Waals surface area contributed by atoms with Gasteiger partial charge in [0.15, 0.2) is 5.65 Å². The van der Waals surface area contributed by atoms with Crippen LogP contribution in [0.15, 0.2) is 72.8 Å². The van der Waals surface area contributed by atoms with Crippen molar-refractivity contribution in [1.82, 2.24) is 14.5 Å². The Morgan fingerprint density at radius 2 is 1.47 bits per heavy atom. The highest BCUT2D eigenvalue weighted by Gasteiger charge is 2.17. The normalized spacial score (nSPS) is 12.6. The smallest absolute Gasteiger partial charge is 0.160 e. The monoisotopic (exact) mass is 502 g/mol. The maximum Gasteiger partial charge on any atom is 0.160 e. The number of nitrogens with zero attached hydrogens (tertiary/aromatic N) is 3. The third-order valence-electron chi connectivity index (χ3n) is 7.41. The van der Waals surface area contributed by atoms with Crippen molar-refractivity contribution < 1.29 is 4.74 Å². The zero-order valence-electron chi connectivity index (χ0n) is 22.4. The van der Waals surface area contributed by atoms with E-state index in [-0.39, 0.29) is 0 Å². The highest BCUT2D eigenvalue weighted by atomic mass is 16.5. The van der Waals surface area contributed by atoms with Crippen LogP contribution in [0, 0.1) is 13.8 Å². The zero-order valence-corrected chi connectivity index (χ0v) is 22.4. The van der Waals surface area contributed by atoms with E-state index in [4.69, 9.17) is 14.7 Å². The molecule has 2 aromatic heterocycles. The van der Waals surface area contributed by atoms with Crippen LogP contribution in [0.2, 0.25) is 0 Å². The molecule has 0 aliphatic carbocycles. The minimum atomic E-state index is 0.616. The molecular formula is C33H34N4O. The van der Waals surface area contributed by atoms with Crippen molar-refractivity contribution in [2.24, 2.45) is 0 Å². The van der Waals surface area contributed by atoms with Crippen LogP contribution in [0.1, 0.15) is 51.8 Å². The van der Waals surface area contributed by atoms with E-state index < -0.39 is 0 Å². The number of hydrogen-bond donors (Lipinski definition) is 1. The predicted molar refractivity (Wildman–Crippen MR) is 154 cm³/mol. The molecule has 0 atom stereocenters. The Morgan fingerprint density at radius 3 is 2.21 bits per heavy atom. The van der Waals surface area contributed by atoms with Gasteiger partial charge in [-0.3, -0.25) is 0 Å². The number of aromatic nitrogens is 3. The molecule has 192 valence electrons.